The monoisotopic (exact) mass is 514 g/mol. The van der Waals surface area contributed by atoms with Crippen molar-refractivity contribution < 1.29 is 17.9 Å². The zero-order valence-electron chi connectivity index (χ0n) is 21.6. The molecular formula is C27H38N2O4SSi. The SMILES string of the molecule is CC(C)(C)OC(=O)N1CCC[C@@H]1/C=C/S(=O)(=O)N[Si](c1ccccc1)(c1ccccc1)C(C)(C)C. The molecule has 190 valence electrons. The van der Waals surface area contributed by atoms with Crippen molar-refractivity contribution in [3.05, 3.63) is 72.1 Å². The maximum atomic E-state index is 13.6. The first kappa shape index (κ1) is 27.2. The van der Waals surface area contributed by atoms with Crippen LogP contribution in [0.5, 0.6) is 0 Å². The number of nitrogens with one attached hydrogen (secondary N) is 1. The first-order chi connectivity index (χ1) is 16.3. The van der Waals surface area contributed by atoms with E-state index in [0.29, 0.717) is 13.0 Å². The summed E-state index contributed by atoms with van der Waals surface area (Å²) >= 11 is 0. The Morgan fingerprint density at radius 1 is 0.971 bits per heavy atom. The Morgan fingerprint density at radius 3 is 1.94 bits per heavy atom. The molecule has 6 nitrogen and oxygen atoms in total. The smallest absolute Gasteiger partial charge is 0.410 e. The van der Waals surface area contributed by atoms with Gasteiger partial charge in [0.25, 0.3) is 0 Å². The van der Waals surface area contributed by atoms with Gasteiger partial charge < -0.3 is 9.64 Å². The quantitative estimate of drug-likeness (QED) is 0.581. The van der Waals surface area contributed by atoms with Gasteiger partial charge in [-0.2, -0.15) is 0 Å². The van der Waals surface area contributed by atoms with Crippen LogP contribution < -0.4 is 14.8 Å². The molecule has 1 N–H and O–H groups in total. The molecular weight excluding hydrogens is 476 g/mol. The molecule has 0 bridgehead atoms. The molecule has 0 radical (unpaired) electrons. The van der Waals surface area contributed by atoms with E-state index in [4.69, 9.17) is 4.74 Å². The van der Waals surface area contributed by atoms with E-state index in [1.165, 1.54) is 5.41 Å². The number of carbonyl (C=O) groups is 1. The number of rotatable bonds is 6. The molecule has 1 aliphatic heterocycles. The first-order valence-electron chi connectivity index (χ1n) is 12.1. The van der Waals surface area contributed by atoms with Gasteiger partial charge in [0, 0.05) is 12.0 Å². The lowest BCUT2D eigenvalue weighted by Gasteiger charge is -2.43. The van der Waals surface area contributed by atoms with E-state index in [1.54, 1.807) is 11.0 Å². The number of nitrogens with zero attached hydrogens (tertiary/aromatic N) is 1. The predicted molar refractivity (Wildman–Crippen MR) is 145 cm³/mol. The van der Waals surface area contributed by atoms with Gasteiger partial charge in [-0.1, -0.05) is 81.4 Å². The van der Waals surface area contributed by atoms with Crippen LogP contribution in [0, 0.1) is 0 Å². The molecule has 0 aliphatic carbocycles. The van der Waals surface area contributed by atoms with Crippen LogP contribution in [0.4, 0.5) is 4.79 Å². The van der Waals surface area contributed by atoms with Gasteiger partial charge >= 0.3 is 6.09 Å². The minimum Gasteiger partial charge on any atom is -0.444 e. The molecule has 1 aliphatic rings. The summed E-state index contributed by atoms with van der Waals surface area (Å²) in [7, 11) is -6.86. The van der Waals surface area contributed by atoms with E-state index in [0.717, 1.165) is 16.8 Å². The first-order valence-corrected chi connectivity index (χ1v) is 15.6. The zero-order chi connectivity index (χ0) is 25.9. The van der Waals surface area contributed by atoms with Crippen molar-refractivity contribution in [1.82, 2.24) is 9.29 Å². The standard InChI is InChI=1S/C27H38N2O4SSi/c1-26(2,3)33-25(30)29-20-13-14-22(29)19-21-34(31,32)28-35(27(4,5)6,23-15-9-7-10-16-23)24-17-11-8-12-18-24/h7-12,15-19,21-22,28H,13-14,20H2,1-6H3/b21-19+/t22-/m1/s1. The number of ether oxygens (including phenoxy) is 1. The fourth-order valence-electron chi connectivity index (χ4n) is 4.66. The Balaban J connectivity index is 1.97. The van der Waals surface area contributed by atoms with Gasteiger partial charge in [-0.25, -0.2) is 17.6 Å². The lowest BCUT2D eigenvalue weighted by molar-refractivity contribution is 0.0256. The number of hydrogen-bond donors (Lipinski definition) is 1. The highest BCUT2D eigenvalue weighted by Crippen LogP contribution is 2.34. The van der Waals surface area contributed by atoms with Crippen LogP contribution in [-0.2, 0) is 14.8 Å². The summed E-state index contributed by atoms with van der Waals surface area (Å²) in [4.78, 5) is 14.2. The van der Waals surface area contributed by atoms with Crippen LogP contribution in [0.25, 0.3) is 0 Å². The van der Waals surface area contributed by atoms with Crippen molar-refractivity contribution in [2.24, 2.45) is 0 Å². The highest BCUT2D eigenvalue weighted by Gasteiger charge is 2.50. The maximum absolute atomic E-state index is 13.6. The lowest BCUT2D eigenvalue weighted by Crippen LogP contribution is -2.74. The summed E-state index contributed by atoms with van der Waals surface area (Å²) in [5.74, 6) is 0. The van der Waals surface area contributed by atoms with E-state index in [-0.39, 0.29) is 11.1 Å². The molecule has 0 saturated carbocycles. The number of benzene rings is 2. The fourth-order valence-corrected chi connectivity index (χ4v) is 12.6. The number of likely N-dealkylation sites (tertiary alicyclic amines) is 1. The largest absolute Gasteiger partial charge is 0.444 e. The lowest BCUT2D eigenvalue weighted by atomic mass is 10.2. The molecule has 0 unspecified atom stereocenters. The van der Waals surface area contributed by atoms with Crippen molar-refractivity contribution in [2.45, 2.75) is 71.1 Å². The van der Waals surface area contributed by atoms with Gasteiger partial charge in [-0.3, -0.25) is 0 Å². The summed E-state index contributed by atoms with van der Waals surface area (Å²) in [5, 5.41) is 2.85. The Bertz CT molecular complexity index is 1100. The molecule has 1 fully saturated rings. The van der Waals surface area contributed by atoms with Gasteiger partial charge in [0.1, 0.15) is 5.60 Å². The van der Waals surface area contributed by atoms with Crippen LogP contribution in [-0.4, -0.2) is 45.8 Å². The second-order valence-corrected chi connectivity index (χ2v) is 17.4. The van der Waals surface area contributed by atoms with Gasteiger partial charge in [0.2, 0.25) is 18.3 Å². The Hall–Kier alpha value is -2.42. The predicted octanol–water partition coefficient (Wildman–Crippen LogP) is 4.38. The molecule has 2 aromatic rings. The Morgan fingerprint density at radius 2 is 1.49 bits per heavy atom. The third-order valence-corrected chi connectivity index (χ3v) is 13.8. The van der Waals surface area contributed by atoms with E-state index in [2.05, 4.69) is 25.2 Å². The van der Waals surface area contributed by atoms with Crippen LogP contribution in [0.15, 0.2) is 72.1 Å². The van der Waals surface area contributed by atoms with Crippen LogP contribution in [0.2, 0.25) is 5.04 Å². The fraction of sp³-hybridized carbons (Fsp3) is 0.444. The van der Waals surface area contributed by atoms with Crippen molar-refractivity contribution >= 4 is 34.7 Å². The summed E-state index contributed by atoms with van der Waals surface area (Å²) < 4.78 is 35.9. The summed E-state index contributed by atoms with van der Waals surface area (Å²) in [5.41, 5.74) is -0.606. The summed E-state index contributed by atoms with van der Waals surface area (Å²) in [6, 6.07) is 19.4. The molecule has 0 aromatic heterocycles. The third kappa shape index (κ3) is 6.42. The zero-order valence-corrected chi connectivity index (χ0v) is 23.4. The van der Waals surface area contributed by atoms with Crippen LogP contribution >= 0.6 is 0 Å². The van der Waals surface area contributed by atoms with Crippen LogP contribution in [0.3, 0.4) is 0 Å². The molecule has 3 rings (SSSR count). The maximum Gasteiger partial charge on any atom is 0.410 e. The van der Waals surface area contributed by atoms with Crippen LogP contribution in [0.1, 0.15) is 54.4 Å². The van der Waals surface area contributed by atoms with Gasteiger partial charge in [-0.05, 0) is 55.1 Å². The molecule has 1 amide bonds. The molecule has 2 aromatic carbocycles. The minimum absolute atomic E-state index is 0.319. The molecule has 35 heavy (non-hydrogen) atoms. The molecule has 0 spiro atoms. The molecule has 1 heterocycles. The number of sulfonamides is 1. The van der Waals surface area contributed by atoms with E-state index in [1.807, 2.05) is 81.4 Å². The second-order valence-electron chi connectivity index (χ2n) is 11.1. The van der Waals surface area contributed by atoms with E-state index < -0.39 is 30.0 Å². The van der Waals surface area contributed by atoms with Gasteiger partial charge in [0.15, 0.2) is 0 Å². The second kappa shape index (κ2) is 10.3. The number of amides is 1. The number of carbonyl (C=O) groups excluding carboxylic acids is 1. The van der Waals surface area contributed by atoms with E-state index in [9.17, 15) is 13.2 Å². The molecule has 1 saturated heterocycles. The highest BCUT2D eigenvalue weighted by atomic mass is 32.2. The third-order valence-electron chi connectivity index (χ3n) is 6.24. The van der Waals surface area contributed by atoms with Gasteiger partial charge in [-0.15, -0.1) is 0 Å². The van der Waals surface area contributed by atoms with Crippen molar-refractivity contribution in [2.75, 3.05) is 6.54 Å². The summed E-state index contributed by atoms with van der Waals surface area (Å²) in [6.07, 6.45) is 2.71. The average Bonchev–Trinajstić information content (AvgIpc) is 3.24. The van der Waals surface area contributed by atoms with Crippen molar-refractivity contribution in [3.8, 4) is 0 Å². The molecule has 1 atom stereocenters. The molecule has 8 heteroatoms. The average molecular weight is 515 g/mol. The van der Waals surface area contributed by atoms with E-state index >= 15 is 0 Å². The Labute approximate surface area is 211 Å². The highest BCUT2D eigenvalue weighted by molar-refractivity contribution is 7.94. The normalized spacial score (nSPS) is 17.7. The van der Waals surface area contributed by atoms with Gasteiger partial charge in [0.05, 0.1) is 6.04 Å². The topological polar surface area (TPSA) is 75.7 Å². The van der Waals surface area contributed by atoms with Crippen molar-refractivity contribution in [1.29, 1.82) is 0 Å². The Kier molecular flexibility index (Phi) is 7.98. The van der Waals surface area contributed by atoms with Crippen molar-refractivity contribution in [3.63, 3.8) is 0 Å². The minimum atomic E-state index is -3.84. The summed E-state index contributed by atoms with van der Waals surface area (Å²) in [6.45, 7) is 12.3. The number of hydrogen-bond acceptors (Lipinski definition) is 4.